The van der Waals surface area contributed by atoms with Crippen molar-refractivity contribution in [1.82, 2.24) is 0 Å². The van der Waals surface area contributed by atoms with Crippen molar-refractivity contribution < 1.29 is 61.6 Å². The lowest BCUT2D eigenvalue weighted by atomic mass is 10.0. The number of esters is 1. The Balaban J connectivity index is 3.08. The van der Waals surface area contributed by atoms with Gasteiger partial charge in [-0.1, -0.05) is 117 Å². The van der Waals surface area contributed by atoms with Gasteiger partial charge >= 0.3 is 5.97 Å². The first-order valence-electron chi connectivity index (χ1n) is 23.3. The Hall–Kier alpha value is -0.970. The molecule has 0 unspecified atom stereocenters. The minimum Gasteiger partial charge on any atom is -0.463 e. The predicted molar refractivity (Wildman–Crippen MR) is 229 cm³/mol. The monoisotopic (exact) mass is 839 g/mol. The molecule has 0 saturated carbocycles. The van der Waals surface area contributed by atoms with Crippen molar-refractivity contribution in [2.24, 2.45) is 0 Å². The molecule has 13 nitrogen and oxygen atoms in total. The Bertz CT molecular complexity index is 749. The molecule has 0 atom stereocenters. The van der Waals surface area contributed by atoms with E-state index in [9.17, 15) is 4.79 Å². The summed E-state index contributed by atoms with van der Waals surface area (Å²) >= 11 is 0. The highest BCUT2D eigenvalue weighted by molar-refractivity contribution is 5.69. The van der Waals surface area contributed by atoms with Crippen molar-refractivity contribution in [3.63, 3.8) is 0 Å². The third kappa shape index (κ3) is 53.0. The average molecular weight is 839 g/mol. The van der Waals surface area contributed by atoms with E-state index in [-0.39, 0.29) is 12.6 Å². The van der Waals surface area contributed by atoms with E-state index in [1.165, 1.54) is 96.3 Å². The van der Waals surface area contributed by atoms with Crippen molar-refractivity contribution in [1.29, 1.82) is 0 Å². The van der Waals surface area contributed by atoms with Crippen LogP contribution in [0.25, 0.3) is 0 Å². The van der Waals surface area contributed by atoms with Crippen LogP contribution in [0.3, 0.4) is 0 Å². The summed E-state index contributed by atoms with van der Waals surface area (Å²) in [7, 11) is 0. The molecule has 0 amide bonds. The SMILES string of the molecule is CCCCCCCCCCCCCCCOCCOCCOCCOCCOCCOCCOCCOCCOCCOCCOCCOC(=O)CCCCCCC. The van der Waals surface area contributed by atoms with Gasteiger partial charge in [-0.25, -0.2) is 0 Å². The summed E-state index contributed by atoms with van der Waals surface area (Å²) in [4.78, 5) is 11.6. The second-order valence-electron chi connectivity index (χ2n) is 14.4. The van der Waals surface area contributed by atoms with Crippen LogP contribution in [-0.2, 0) is 61.6 Å². The molecule has 0 aromatic heterocycles. The van der Waals surface area contributed by atoms with Gasteiger partial charge in [-0.2, -0.15) is 0 Å². The maximum atomic E-state index is 11.6. The Kier molecular flexibility index (Phi) is 53.1. The largest absolute Gasteiger partial charge is 0.463 e. The van der Waals surface area contributed by atoms with Gasteiger partial charge in [0.05, 0.1) is 139 Å². The van der Waals surface area contributed by atoms with E-state index in [4.69, 9.17) is 56.8 Å². The van der Waals surface area contributed by atoms with E-state index in [2.05, 4.69) is 13.8 Å². The number of rotatable bonds is 53. The highest BCUT2D eigenvalue weighted by atomic mass is 16.6. The van der Waals surface area contributed by atoms with Gasteiger partial charge in [0, 0.05) is 13.0 Å². The number of unbranched alkanes of at least 4 members (excludes halogenated alkanes) is 16. The first-order chi connectivity index (χ1) is 28.8. The van der Waals surface area contributed by atoms with Crippen molar-refractivity contribution >= 4 is 5.97 Å². The van der Waals surface area contributed by atoms with E-state index in [1.54, 1.807) is 0 Å². The maximum absolute atomic E-state index is 11.6. The fourth-order valence-corrected chi connectivity index (χ4v) is 5.68. The van der Waals surface area contributed by atoms with Crippen molar-refractivity contribution in [3.05, 3.63) is 0 Å². The Labute approximate surface area is 354 Å². The smallest absolute Gasteiger partial charge is 0.305 e. The van der Waals surface area contributed by atoms with Crippen LogP contribution in [0.15, 0.2) is 0 Å². The zero-order valence-corrected chi connectivity index (χ0v) is 37.5. The molecule has 0 N–H and O–H groups in total. The Morgan fingerprint density at radius 3 is 0.724 bits per heavy atom. The Morgan fingerprint density at radius 1 is 0.241 bits per heavy atom. The molecule has 0 heterocycles. The zero-order chi connectivity index (χ0) is 41.8. The lowest BCUT2D eigenvalue weighted by Gasteiger charge is -2.09. The summed E-state index contributed by atoms with van der Waals surface area (Å²) in [6.45, 7) is 16.4. The second kappa shape index (κ2) is 54.0. The van der Waals surface area contributed by atoms with Gasteiger partial charge in [0.2, 0.25) is 0 Å². The van der Waals surface area contributed by atoms with Crippen LogP contribution in [-0.4, -0.2) is 158 Å². The first kappa shape index (κ1) is 57.0. The summed E-state index contributed by atoms with van der Waals surface area (Å²) < 4.78 is 65.9. The molecule has 0 spiro atoms. The van der Waals surface area contributed by atoms with E-state index in [1.807, 2.05) is 0 Å². The van der Waals surface area contributed by atoms with Crippen molar-refractivity contribution in [3.8, 4) is 0 Å². The lowest BCUT2D eigenvalue weighted by molar-refractivity contribution is -0.145. The molecule has 0 aromatic rings. The first-order valence-corrected chi connectivity index (χ1v) is 23.3. The number of hydrogen-bond donors (Lipinski definition) is 0. The van der Waals surface area contributed by atoms with Crippen LogP contribution >= 0.6 is 0 Å². The number of hydrogen-bond acceptors (Lipinski definition) is 13. The van der Waals surface area contributed by atoms with Crippen LogP contribution < -0.4 is 0 Å². The average Bonchev–Trinajstić information content (AvgIpc) is 3.23. The third-order valence-electron chi connectivity index (χ3n) is 9.09. The summed E-state index contributed by atoms with van der Waals surface area (Å²) in [5.41, 5.74) is 0. The van der Waals surface area contributed by atoms with Crippen LogP contribution in [0.2, 0.25) is 0 Å². The molecule has 0 aliphatic rings. The molecule has 0 radical (unpaired) electrons. The molecular formula is C45H90O13. The van der Waals surface area contributed by atoms with Gasteiger partial charge in [0.25, 0.3) is 0 Å². The molecule has 13 heteroatoms. The van der Waals surface area contributed by atoms with Crippen LogP contribution in [0.4, 0.5) is 0 Å². The standard InChI is InChI=1S/C45H90O13/c1-3-5-7-9-10-11-12-13-14-15-16-18-20-22-47-23-24-48-25-26-49-27-28-50-29-30-51-31-32-52-33-34-53-35-36-54-37-38-55-39-40-56-41-42-57-43-44-58-45(46)21-19-17-8-6-4-2/h3-44H2,1-2H3. The fourth-order valence-electron chi connectivity index (χ4n) is 5.68. The van der Waals surface area contributed by atoms with Crippen molar-refractivity contribution in [2.75, 3.05) is 152 Å². The summed E-state index contributed by atoms with van der Waals surface area (Å²) in [5.74, 6) is -0.145. The quantitative estimate of drug-likeness (QED) is 0.0432. The summed E-state index contributed by atoms with van der Waals surface area (Å²) in [6.07, 6.45) is 23.8. The molecule has 0 fully saturated rings. The third-order valence-corrected chi connectivity index (χ3v) is 9.09. The maximum Gasteiger partial charge on any atom is 0.305 e. The second-order valence-corrected chi connectivity index (χ2v) is 14.4. The van der Waals surface area contributed by atoms with Gasteiger partial charge in [-0.05, 0) is 12.8 Å². The van der Waals surface area contributed by atoms with Crippen molar-refractivity contribution in [2.45, 2.75) is 136 Å². The van der Waals surface area contributed by atoms with E-state index < -0.39 is 0 Å². The van der Waals surface area contributed by atoms with E-state index >= 15 is 0 Å². The van der Waals surface area contributed by atoms with Gasteiger partial charge < -0.3 is 56.8 Å². The molecule has 0 saturated heterocycles. The zero-order valence-electron chi connectivity index (χ0n) is 37.5. The minimum absolute atomic E-state index is 0.145. The topological polar surface area (TPSA) is 128 Å². The molecule has 0 aliphatic heterocycles. The van der Waals surface area contributed by atoms with Crippen LogP contribution in [0, 0.1) is 0 Å². The van der Waals surface area contributed by atoms with Crippen LogP contribution in [0.5, 0.6) is 0 Å². The number of carbonyl (C=O) groups excluding carboxylic acids is 1. The van der Waals surface area contributed by atoms with Gasteiger partial charge in [0.15, 0.2) is 0 Å². The predicted octanol–water partition coefficient (Wildman–Crippen LogP) is 8.16. The van der Waals surface area contributed by atoms with E-state index in [0.29, 0.717) is 145 Å². The van der Waals surface area contributed by atoms with Gasteiger partial charge in [-0.3, -0.25) is 4.79 Å². The highest BCUT2D eigenvalue weighted by Gasteiger charge is 2.03. The molecule has 0 bridgehead atoms. The Morgan fingerprint density at radius 2 is 0.448 bits per heavy atom. The number of ether oxygens (including phenoxy) is 12. The molecule has 0 rings (SSSR count). The molecule has 0 aromatic carbocycles. The summed E-state index contributed by atoms with van der Waals surface area (Å²) in [6, 6.07) is 0. The van der Waals surface area contributed by atoms with Crippen LogP contribution in [0.1, 0.15) is 136 Å². The fraction of sp³-hybridized carbons (Fsp3) is 0.978. The summed E-state index contributed by atoms with van der Waals surface area (Å²) in [5, 5.41) is 0. The van der Waals surface area contributed by atoms with Gasteiger partial charge in [-0.15, -0.1) is 0 Å². The minimum atomic E-state index is -0.145. The van der Waals surface area contributed by atoms with Gasteiger partial charge in [0.1, 0.15) is 6.61 Å². The van der Waals surface area contributed by atoms with E-state index in [0.717, 1.165) is 25.9 Å². The number of carbonyl (C=O) groups is 1. The lowest BCUT2D eigenvalue weighted by Crippen LogP contribution is -2.15. The molecular weight excluding hydrogens is 748 g/mol. The normalized spacial score (nSPS) is 11.6. The highest BCUT2D eigenvalue weighted by Crippen LogP contribution is 2.12. The molecule has 348 valence electrons. The molecule has 0 aliphatic carbocycles. The molecule has 58 heavy (non-hydrogen) atoms.